The molecule has 8 nitrogen and oxygen atoms in total. The first-order valence-corrected chi connectivity index (χ1v) is 9.80. The number of carbonyl (C=O) groups is 2. The van der Waals surface area contributed by atoms with Crippen LogP contribution in [0.1, 0.15) is 27.2 Å². The highest BCUT2D eigenvalue weighted by Gasteiger charge is 2.33. The minimum atomic E-state index is -0.610. The van der Waals surface area contributed by atoms with E-state index in [0.717, 1.165) is 13.0 Å². The Morgan fingerprint density at radius 3 is 2.83 bits per heavy atom. The molecular formula is C20H28FN3O5. The van der Waals surface area contributed by atoms with Crippen LogP contribution in [0, 0.1) is 5.82 Å². The van der Waals surface area contributed by atoms with Crippen molar-refractivity contribution in [1.82, 2.24) is 5.32 Å². The fourth-order valence-corrected chi connectivity index (χ4v) is 3.26. The molecule has 1 aromatic carbocycles. The summed E-state index contributed by atoms with van der Waals surface area (Å²) >= 11 is 0. The molecule has 1 N–H and O–H groups in total. The van der Waals surface area contributed by atoms with Gasteiger partial charge in [0.05, 0.1) is 31.1 Å². The van der Waals surface area contributed by atoms with E-state index in [1.54, 1.807) is 32.9 Å². The smallest absolute Gasteiger partial charge is 0.414 e. The van der Waals surface area contributed by atoms with Gasteiger partial charge in [0.15, 0.2) is 0 Å². The van der Waals surface area contributed by atoms with Gasteiger partial charge in [-0.15, -0.1) is 0 Å². The van der Waals surface area contributed by atoms with Crippen molar-refractivity contribution >= 4 is 23.6 Å². The van der Waals surface area contributed by atoms with Gasteiger partial charge in [0.25, 0.3) is 0 Å². The van der Waals surface area contributed by atoms with Crippen molar-refractivity contribution in [3.05, 3.63) is 24.0 Å². The molecule has 0 aliphatic carbocycles. The molecule has 0 radical (unpaired) electrons. The summed E-state index contributed by atoms with van der Waals surface area (Å²) in [6.07, 6.45) is -0.855. The second-order valence-electron chi connectivity index (χ2n) is 8.09. The molecule has 0 aromatic heterocycles. The van der Waals surface area contributed by atoms with Crippen molar-refractivity contribution in [2.24, 2.45) is 0 Å². The van der Waals surface area contributed by atoms with Crippen LogP contribution in [-0.4, -0.2) is 63.3 Å². The molecule has 0 spiro atoms. The van der Waals surface area contributed by atoms with E-state index in [-0.39, 0.29) is 13.1 Å². The number of alkyl carbamates (subject to hydrolysis) is 1. The number of amides is 2. The van der Waals surface area contributed by atoms with Crippen LogP contribution in [0.5, 0.6) is 0 Å². The molecule has 0 unspecified atom stereocenters. The Hall–Kier alpha value is -2.55. The number of anilines is 2. The van der Waals surface area contributed by atoms with Crippen LogP contribution >= 0.6 is 0 Å². The molecule has 2 aliphatic rings. The van der Waals surface area contributed by atoms with Crippen molar-refractivity contribution in [3.63, 3.8) is 0 Å². The average molecular weight is 409 g/mol. The first-order valence-electron chi connectivity index (χ1n) is 9.80. The van der Waals surface area contributed by atoms with E-state index in [9.17, 15) is 14.0 Å². The van der Waals surface area contributed by atoms with E-state index >= 15 is 0 Å². The first kappa shape index (κ1) is 21.2. The molecule has 2 heterocycles. The predicted molar refractivity (Wildman–Crippen MR) is 106 cm³/mol. The molecule has 2 fully saturated rings. The highest BCUT2D eigenvalue weighted by atomic mass is 19.1. The molecule has 2 amide bonds. The third-order valence-corrected chi connectivity index (χ3v) is 4.55. The average Bonchev–Trinajstić information content (AvgIpc) is 2.82. The summed E-state index contributed by atoms with van der Waals surface area (Å²) in [6, 6.07) is 4.72. The zero-order chi connectivity index (χ0) is 21.0. The fraction of sp³-hybridized carbons (Fsp3) is 0.600. The normalized spacial score (nSPS) is 20.3. The lowest BCUT2D eigenvalue weighted by Crippen LogP contribution is -2.38. The van der Waals surface area contributed by atoms with Crippen LogP contribution in [-0.2, 0) is 14.2 Å². The topological polar surface area (TPSA) is 80.3 Å². The summed E-state index contributed by atoms with van der Waals surface area (Å²) in [6.45, 7) is 8.21. The van der Waals surface area contributed by atoms with Crippen molar-refractivity contribution < 1.29 is 28.2 Å². The summed E-state index contributed by atoms with van der Waals surface area (Å²) in [5.74, 6) is -0.396. The van der Waals surface area contributed by atoms with Gasteiger partial charge in [-0.25, -0.2) is 14.0 Å². The molecule has 9 heteroatoms. The maximum absolute atomic E-state index is 14.7. The molecule has 29 heavy (non-hydrogen) atoms. The van der Waals surface area contributed by atoms with Crippen LogP contribution in [0.4, 0.5) is 25.4 Å². The van der Waals surface area contributed by atoms with E-state index in [4.69, 9.17) is 14.2 Å². The van der Waals surface area contributed by atoms with Gasteiger partial charge >= 0.3 is 12.2 Å². The van der Waals surface area contributed by atoms with E-state index in [1.165, 1.54) is 11.0 Å². The van der Waals surface area contributed by atoms with Crippen LogP contribution in [0.25, 0.3) is 0 Å². The fourth-order valence-electron chi connectivity index (χ4n) is 3.26. The molecule has 1 atom stereocenters. The van der Waals surface area contributed by atoms with Gasteiger partial charge in [0.2, 0.25) is 0 Å². The van der Waals surface area contributed by atoms with Gasteiger partial charge in [-0.3, -0.25) is 4.90 Å². The molecule has 2 aliphatic heterocycles. The first-order chi connectivity index (χ1) is 13.7. The summed E-state index contributed by atoms with van der Waals surface area (Å²) in [5.41, 5.74) is 0.304. The molecule has 3 rings (SSSR count). The van der Waals surface area contributed by atoms with Gasteiger partial charge in [-0.2, -0.15) is 0 Å². The van der Waals surface area contributed by atoms with E-state index < -0.39 is 29.7 Å². The number of hydrogen-bond donors (Lipinski definition) is 1. The zero-order valence-electron chi connectivity index (χ0n) is 17.1. The molecule has 0 bridgehead atoms. The largest absolute Gasteiger partial charge is 0.444 e. The number of hydrogen-bond acceptors (Lipinski definition) is 6. The Kier molecular flexibility index (Phi) is 6.46. The molecule has 160 valence electrons. The molecular weight excluding hydrogens is 381 g/mol. The van der Waals surface area contributed by atoms with E-state index in [2.05, 4.69) is 5.32 Å². The highest BCUT2D eigenvalue weighted by molar-refractivity contribution is 5.90. The number of halogens is 1. The lowest BCUT2D eigenvalue weighted by molar-refractivity contribution is 0.0496. The number of nitrogens with one attached hydrogen (secondary N) is 1. The van der Waals surface area contributed by atoms with Gasteiger partial charge < -0.3 is 24.4 Å². The molecule has 1 aromatic rings. The molecule has 2 saturated heterocycles. The van der Waals surface area contributed by atoms with Crippen molar-refractivity contribution in [2.45, 2.75) is 38.9 Å². The maximum atomic E-state index is 14.7. The predicted octanol–water partition coefficient (Wildman–Crippen LogP) is 2.90. The lowest BCUT2D eigenvalue weighted by Gasteiger charge is -2.23. The second kappa shape index (κ2) is 8.86. The van der Waals surface area contributed by atoms with Gasteiger partial charge in [-0.1, -0.05) is 0 Å². The molecule has 0 saturated carbocycles. The van der Waals surface area contributed by atoms with Crippen molar-refractivity contribution in [3.8, 4) is 0 Å². The van der Waals surface area contributed by atoms with Gasteiger partial charge in [0, 0.05) is 19.7 Å². The van der Waals surface area contributed by atoms with Gasteiger partial charge in [0.1, 0.15) is 17.5 Å². The van der Waals surface area contributed by atoms with Crippen LogP contribution in [0.15, 0.2) is 18.2 Å². The third kappa shape index (κ3) is 5.72. The van der Waals surface area contributed by atoms with E-state index in [0.29, 0.717) is 31.1 Å². The second-order valence-corrected chi connectivity index (χ2v) is 8.09. The maximum Gasteiger partial charge on any atom is 0.414 e. The Balaban J connectivity index is 1.60. The Morgan fingerprint density at radius 2 is 2.10 bits per heavy atom. The van der Waals surface area contributed by atoms with Crippen LogP contribution < -0.4 is 15.1 Å². The number of nitrogens with zero attached hydrogens (tertiary/aromatic N) is 2. The Morgan fingerprint density at radius 1 is 1.31 bits per heavy atom. The summed E-state index contributed by atoms with van der Waals surface area (Å²) < 4.78 is 30.6. The SMILES string of the molecule is CC(C)(C)OC(=O)NC[C@H]1CN(c2ccc(N3CCCOCC3)c(F)c2)C(=O)O1. The van der Waals surface area contributed by atoms with Gasteiger partial charge in [-0.05, 0) is 45.4 Å². The summed E-state index contributed by atoms with van der Waals surface area (Å²) in [4.78, 5) is 27.3. The summed E-state index contributed by atoms with van der Waals surface area (Å²) in [7, 11) is 0. The van der Waals surface area contributed by atoms with Crippen LogP contribution in [0.2, 0.25) is 0 Å². The standard InChI is InChI=1S/C20H28FN3O5/c1-20(2,3)29-18(25)22-12-15-13-24(19(26)28-15)14-5-6-17(16(21)11-14)23-7-4-9-27-10-8-23/h5-6,11,15H,4,7-10,12-13H2,1-3H3,(H,22,25)/t15-/m0/s1. The lowest BCUT2D eigenvalue weighted by atomic mass is 10.2. The van der Waals surface area contributed by atoms with Crippen LogP contribution in [0.3, 0.4) is 0 Å². The van der Waals surface area contributed by atoms with E-state index in [1.807, 2.05) is 4.90 Å². The monoisotopic (exact) mass is 409 g/mol. The number of benzene rings is 1. The number of ether oxygens (including phenoxy) is 3. The number of cyclic esters (lactones) is 1. The summed E-state index contributed by atoms with van der Waals surface area (Å²) in [5, 5.41) is 2.59. The minimum Gasteiger partial charge on any atom is -0.444 e. The van der Waals surface area contributed by atoms with Crippen molar-refractivity contribution in [1.29, 1.82) is 0 Å². The third-order valence-electron chi connectivity index (χ3n) is 4.55. The Labute approximate surface area is 169 Å². The van der Waals surface area contributed by atoms with Crippen molar-refractivity contribution in [2.75, 3.05) is 49.2 Å². The Bertz CT molecular complexity index is 744. The number of rotatable bonds is 4. The highest BCUT2D eigenvalue weighted by Crippen LogP contribution is 2.28. The minimum absolute atomic E-state index is 0.117. The number of carbonyl (C=O) groups excluding carboxylic acids is 2. The zero-order valence-corrected chi connectivity index (χ0v) is 17.1. The quantitative estimate of drug-likeness (QED) is 0.824.